The number of hydrogen-bond donors (Lipinski definition) is 2. The first-order chi connectivity index (χ1) is 15.9. The van der Waals surface area contributed by atoms with Crippen LogP contribution < -0.4 is 16.1 Å². The van der Waals surface area contributed by atoms with Crippen molar-refractivity contribution >= 4 is 41.2 Å². The molecule has 1 saturated heterocycles. The van der Waals surface area contributed by atoms with E-state index in [1.165, 1.54) is 18.5 Å². The number of aromatic nitrogens is 1. The molecular formula is C21H21N7O5. The van der Waals surface area contributed by atoms with Gasteiger partial charge in [0.2, 0.25) is 11.8 Å². The summed E-state index contributed by atoms with van der Waals surface area (Å²) in [5.74, 6) is 3.84. The summed E-state index contributed by atoms with van der Waals surface area (Å²) in [6.45, 7) is 0.462. The van der Waals surface area contributed by atoms with Crippen molar-refractivity contribution in [3.05, 3.63) is 47.3 Å². The molecule has 2 aromatic rings. The van der Waals surface area contributed by atoms with Gasteiger partial charge in [0.15, 0.2) is 5.76 Å². The first kappa shape index (κ1) is 21.9. The van der Waals surface area contributed by atoms with Crippen LogP contribution in [0.1, 0.15) is 39.3 Å². The van der Waals surface area contributed by atoms with Gasteiger partial charge < -0.3 is 15.3 Å². The Morgan fingerprint density at radius 1 is 1.30 bits per heavy atom. The molecule has 12 nitrogen and oxygen atoms in total. The van der Waals surface area contributed by atoms with Crippen molar-refractivity contribution in [3.8, 4) is 0 Å². The van der Waals surface area contributed by atoms with Crippen molar-refractivity contribution in [1.82, 2.24) is 15.4 Å². The number of nitrogens with zero attached hydrogens (tertiary/aromatic N) is 5. The molecule has 2 aliphatic rings. The van der Waals surface area contributed by atoms with Crippen LogP contribution in [0.4, 0.5) is 5.69 Å². The summed E-state index contributed by atoms with van der Waals surface area (Å²) in [5.41, 5.74) is 1.28. The SMILES string of the molecule is CN(C/C(C=NCc1ccno1)=N/N)c1cccc2c1C(=O)N(C1CCC(=O)NC1=O)C2=O. The largest absolute Gasteiger partial charge is 0.368 e. The Kier molecular flexibility index (Phi) is 5.98. The van der Waals surface area contributed by atoms with Crippen molar-refractivity contribution < 1.29 is 23.7 Å². The second-order valence-corrected chi connectivity index (χ2v) is 7.57. The average molecular weight is 451 g/mol. The van der Waals surface area contributed by atoms with Gasteiger partial charge in [0, 0.05) is 25.7 Å². The molecule has 1 unspecified atom stereocenters. The van der Waals surface area contributed by atoms with Crippen LogP contribution in [-0.4, -0.2) is 65.2 Å². The monoisotopic (exact) mass is 451 g/mol. The highest BCUT2D eigenvalue weighted by atomic mass is 16.5. The zero-order valence-electron chi connectivity index (χ0n) is 17.7. The smallest absolute Gasteiger partial charge is 0.264 e. The molecule has 12 heteroatoms. The van der Waals surface area contributed by atoms with Gasteiger partial charge in [-0.05, 0) is 18.6 Å². The summed E-state index contributed by atoms with van der Waals surface area (Å²) in [6.07, 6.45) is 3.15. The van der Waals surface area contributed by atoms with Crippen LogP contribution in [0.25, 0.3) is 0 Å². The summed E-state index contributed by atoms with van der Waals surface area (Å²) in [4.78, 5) is 56.8. The number of imide groups is 2. The molecule has 0 bridgehead atoms. The molecule has 4 rings (SSSR count). The Labute approximate surface area is 188 Å². The van der Waals surface area contributed by atoms with Gasteiger partial charge in [-0.3, -0.25) is 34.4 Å². The van der Waals surface area contributed by atoms with E-state index in [0.29, 0.717) is 17.2 Å². The predicted octanol–water partition coefficient (Wildman–Crippen LogP) is 0.0977. The number of hydrazone groups is 1. The normalized spacial score (nSPS) is 18.8. The van der Waals surface area contributed by atoms with Crippen molar-refractivity contribution in [1.29, 1.82) is 0 Å². The molecule has 0 radical (unpaired) electrons. The molecule has 0 spiro atoms. The highest BCUT2D eigenvalue weighted by molar-refractivity contribution is 6.32. The fourth-order valence-electron chi connectivity index (χ4n) is 3.82. The number of nitrogens with two attached hydrogens (primary N) is 1. The maximum Gasteiger partial charge on any atom is 0.264 e. The molecule has 170 valence electrons. The number of piperidine rings is 1. The fraction of sp³-hybridized carbons (Fsp3) is 0.286. The van der Waals surface area contributed by atoms with E-state index in [1.807, 2.05) is 0 Å². The van der Waals surface area contributed by atoms with Crippen molar-refractivity contribution in [2.45, 2.75) is 25.4 Å². The molecular weight excluding hydrogens is 430 g/mol. The number of nitrogens with one attached hydrogen (secondary N) is 1. The van der Waals surface area contributed by atoms with E-state index in [2.05, 4.69) is 20.6 Å². The van der Waals surface area contributed by atoms with Gasteiger partial charge in [-0.15, -0.1) is 0 Å². The van der Waals surface area contributed by atoms with Crippen molar-refractivity contribution in [2.24, 2.45) is 15.9 Å². The van der Waals surface area contributed by atoms with Gasteiger partial charge >= 0.3 is 0 Å². The summed E-state index contributed by atoms with van der Waals surface area (Å²) in [6, 6.07) is 5.54. The number of carbonyl (C=O) groups is 4. The third-order valence-corrected chi connectivity index (χ3v) is 5.40. The Bertz CT molecular complexity index is 1170. The zero-order chi connectivity index (χ0) is 23.5. The quantitative estimate of drug-likeness (QED) is 0.259. The highest BCUT2D eigenvalue weighted by Crippen LogP contribution is 2.33. The lowest BCUT2D eigenvalue weighted by Gasteiger charge is -2.28. The lowest BCUT2D eigenvalue weighted by molar-refractivity contribution is -0.136. The third-order valence-electron chi connectivity index (χ3n) is 5.40. The number of hydrogen-bond acceptors (Lipinski definition) is 10. The molecule has 4 amide bonds. The minimum atomic E-state index is -1.03. The first-order valence-electron chi connectivity index (χ1n) is 10.1. The second-order valence-electron chi connectivity index (χ2n) is 7.57. The van der Waals surface area contributed by atoms with Gasteiger partial charge in [0.25, 0.3) is 11.8 Å². The lowest BCUT2D eigenvalue weighted by atomic mass is 10.0. The molecule has 1 aromatic carbocycles. The number of rotatable bonds is 7. The molecule has 1 fully saturated rings. The van der Waals surface area contributed by atoms with E-state index in [4.69, 9.17) is 10.4 Å². The topological polar surface area (TPSA) is 164 Å². The number of benzene rings is 1. The Balaban J connectivity index is 1.53. The van der Waals surface area contributed by atoms with Crippen LogP contribution in [0.15, 0.2) is 45.1 Å². The van der Waals surface area contributed by atoms with Crippen LogP contribution in [-0.2, 0) is 16.1 Å². The number of aliphatic imine (C=N–C) groups is 1. The van der Waals surface area contributed by atoms with Crippen LogP contribution in [0.5, 0.6) is 0 Å². The molecule has 1 aromatic heterocycles. The van der Waals surface area contributed by atoms with Gasteiger partial charge in [-0.2, -0.15) is 5.10 Å². The first-order valence-corrected chi connectivity index (χ1v) is 10.1. The van der Waals surface area contributed by atoms with E-state index in [9.17, 15) is 19.2 Å². The number of anilines is 1. The summed E-state index contributed by atoms with van der Waals surface area (Å²) in [5, 5.41) is 9.53. The van der Waals surface area contributed by atoms with Crippen LogP contribution in [0.2, 0.25) is 0 Å². The molecule has 2 aliphatic heterocycles. The maximum atomic E-state index is 13.2. The summed E-state index contributed by atoms with van der Waals surface area (Å²) < 4.78 is 4.98. The van der Waals surface area contributed by atoms with Crippen molar-refractivity contribution in [3.63, 3.8) is 0 Å². The highest BCUT2D eigenvalue weighted by Gasteiger charge is 2.45. The van der Waals surface area contributed by atoms with E-state index >= 15 is 0 Å². The summed E-state index contributed by atoms with van der Waals surface area (Å²) >= 11 is 0. The van der Waals surface area contributed by atoms with Crippen LogP contribution in [0.3, 0.4) is 0 Å². The van der Waals surface area contributed by atoms with E-state index in [-0.39, 0.29) is 37.1 Å². The van der Waals surface area contributed by atoms with Gasteiger partial charge in [-0.1, -0.05) is 11.2 Å². The Hall–Kier alpha value is -4.35. The number of amides is 4. The summed E-state index contributed by atoms with van der Waals surface area (Å²) in [7, 11) is 1.72. The molecule has 3 N–H and O–H groups in total. The molecule has 1 atom stereocenters. The number of carbonyl (C=O) groups excluding carboxylic acids is 4. The van der Waals surface area contributed by atoms with E-state index in [0.717, 1.165) is 4.90 Å². The van der Waals surface area contributed by atoms with E-state index in [1.54, 1.807) is 30.1 Å². The fourth-order valence-corrected chi connectivity index (χ4v) is 3.82. The van der Waals surface area contributed by atoms with Crippen LogP contribution in [0, 0.1) is 0 Å². The van der Waals surface area contributed by atoms with Gasteiger partial charge in [0.05, 0.1) is 41.8 Å². The van der Waals surface area contributed by atoms with Gasteiger partial charge in [0.1, 0.15) is 6.04 Å². The molecule has 0 aliphatic carbocycles. The molecule has 3 heterocycles. The third kappa shape index (κ3) is 4.22. The Morgan fingerprint density at radius 2 is 2.12 bits per heavy atom. The second kappa shape index (κ2) is 9.02. The predicted molar refractivity (Wildman–Crippen MR) is 117 cm³/mol. The zero-order valence-corrected chi connectivity index (χ0v) is 17.7. The molecule has 33 heavy (non-hydrogen) atoms. The number of fused-ring (bicyclic) bond motifs is 1. The average Bonchev–Trinajstić information content (AvgIpc) is 3.40. The minimum absolute atomic E-state index is 0.0559. The standard InChI is InChI=1S/C21H21N7O5/c1-27(11-12(26-22)9-23-10-13-7-8-24-33-13)15-4-2-3-14-18(15)21(32)28(20(14)31)16-5-6-17(29)25-19(16)30/h2-4,7-9,16H,5-6,10-11,22H2,1H3,(H,25,29,30)/b23-9?,26-12+. The Morgan fingerprint density at radius 3 is 2.82 bits per heavy atom. The lowest BCUT2D eigenvalue weighted by Crippen LogP contribution is -2.54. The molecule has 0 saturated carbocycles. The van der Waals surface area contributed by atoms with E-state index < -0.39 is 29.7 Å². The maximum absolute atomic E-state index is 13.2. The van der Waals surface area contributed by atoms with Gasteiger partial charge in [-0.25, -0.2) is 0 Å². The minimum Gasteiger partial charge on any atom is -0.368 e. The van der Waals surface area contributed by atoms with Crippen LogP contribution >= 0.6 is 0 Å². The van der Waals surface area contributed by atoms with Crippen molar-refractivity contribution in [2.75, 3.05) is 18.5 Å².